The fourth-order valence-electron chi connectivity index (χ4n) is 1.67. The van der Waals surface area contributed by atoms with Crippen LogP contribution in [0.25, 0.3) is 0 Å². The smallest absolute Gasteiger partial charge is 0.234 e. The van der Waals surface area contributed by atoms with Gasteiger partial charge in [-0.05, 0) is 43.7 Å². The van der Waals surface area contributed by atoms with E-state index in [0.29, 0.717) is 24.3 Å². The molecule has 0 bridgehead atoms. The summed E-state index contributed by atoms with van der Waals surface area (Å²) in [6, 6.07) is 4.18. The zero-order valence-electron chi connectivity index (χ0n) is 11.4. The molecule has 0 aliphatic carbocycles. The first-order valence-corrected chi connectivity index (χ1v) is 6.46. The van der Waals surface area contributed by atoms with Gasteiger partial charge >= 0.3 is 0 Å². The lowest BCUT2D eigenvalue weighted by atomic mass is 10.2. The van der Waals surface area contributed by atoms with Crippen LogP contribution >= 0.6 is 0 Å². The molecule has 0 aliphatic rings. The van der Waals surface area contributed by atoms with Gasteiger partial charge in [0.05, 0.1) is 12.6 Å². The number of carbonyl (C=O) groups is 1. The number of aryl methyl sites for hydroxylation is 1. The summed E-state index contributed by atoms with van der Waals surface area (Å²) in [6.07, 6.45) is 1.42. The Hall–Kier alpha value is -1.62. The second-order valence-electron chi connectivity index (χ2n) is 4.46. The van der Waals surface area contributed by atoms with Gasteiger partial charge in [0.2, 0.25) is 5.91 Å². The number of rotatable bonds is 8. The number of benzene rings is 1. The minimum absolute atomic E-state index is 0.257. The average molecular weight is 268 g/mol. The molecule has 3 N–H and O–H groups in total. The van der Waals surface area contributed by atoms with E-state index in [1.165, 1.54) is 6.07 Å². The van der Waals surface area contributed by atoms with Crippen LogP contribution in [0, 0.1) is 12.7 Å². The molecule has 1 rings (SSSR count). The van der Waals surface area contributed by atoms with Gasteiger partial charge in [0.1, 0.15) is 11.6 Å². The van der Waals surface area contributed by atoms with E-state index < -0.39 is 0 Å². The van der Waals surface area contributed by atoms with Crippen LogP contribution in [0.15, 0.2) is 18.2 Å². The summed E-state index contributed by atoms with van der Waals surface area (Å²) in [4.78, 5) is 11.2. The van der Waals surface area contributed by atoms with E-state index in [2.05, 4.69) is 5.32 Å². The lowest BCUT2D eigenvalue weighted by molar-refractivity contribution is -0.120. The summed E-state index contributed by atoms with van der Waals surface area (Å²) in [7, 11) is 0. The molecule has 0 saturated carbocycles. The maximum absolute atomic E-state index is 13.1. The predicted octanol–water partition coefficient (Wildman–Crippen LogP) is 1.76. The highest BCUT2D eigenvalue weighted by Crippen LogP contribution is 2.16. The van der Waals surface area contributed by atoms with Gasteiger partial charge in [-0.2, -0.15) is 0 Å². The summed E-state index contributed by atoms with van der Waals surface area (Å²) in [5, 5.41) is 3.06. The Labute approximate surface area is 113 Å². The van der Waals surface area contributed by atoms with E-state index in [4.69, 9.17) is 10.5 Å². The highest BCUT2D eigenvalue weighted by atomic mass is 19.1. The zero-order valence-corrected chi connectivity index (χ0v) is 11.4. The van der Waals surface area contributed by atoms with Gasteiger partial charge in [-0.3, -0.25) is 4.79 Å². The van der Waals surface area contributed by atoms with Crippen molar-refractivity contribution in [2.24, 2.45) is 5.73 Å². The van der Waals surface area contributed by atoms with E-state index in [1.807, 2.05) is 6.92 Å². The van der Waals surface area contributed by atoms with Crippen LogP contribution in [-0.4, -0.2) is 25.1 Å². The second kappa shape index (κ2) is 7.74. The molecule has 1 aromatic carbocycles. The van der Waals surface area contributed by atoms with Crippen molar-refractivity contribution in [2.75, 3.05) is 13.2 Å². The lowest BCUT2D eigenvalue weighted by Crippen LogP contribution is -2.42. The van der Waals surface area contributed by atoms with Gasteiger partial charge in [-0.25, -0.2) is 4.39 Å². The SMILES string of the molecule is CCCNC(CCOc1ccc(F)c(C)c1)C(N)=O. The fraction of sp³-hybridized carbons (Fsp3) is 0.500. The van der Waals surface area contributed by atoms with Gasteiger partial charge in [0.15, 0.2) is 0 Å². The third kappa shape index (κ3) is 5.26. The van der Waals surface area contributed by atoms with E-state index in [1.54, 1.807) is 19.1 Å². The normalized spacial score (nSPS) is 12.2. The van der Waals surface area contributed by atoms with Crippen LogP contribution in [-0.2, 0) is 4.79 Å². The molecule has 1 amide bonds. The molecule has 0 aliphatic heterocycles. The third-order valence-corrected chi connectivity index (χ3v) is 2.79. The highest BCUT2D eigenvalue weighted by Gasteiger charge is 2.13. The largest absolute Gasteiger partial charge is 0.494 e. The summed E-state index contributed by atoms with van der Waals surface area (Å²) < 4.78 is 18.6. The third-order valence-electron chi connectivity index (χ3n) is 2.79. The first-order chi connectivity index (χ1) is 9.04. The number of hydrogen-bond donors (Lipinski definition) is 2. The number of primary amides is 1. The topological polar surface area (TPSA) is 64.3 Å². The van der Waals surface area contributed by atoms with Crippen LogP contribution in [0.4, 0.5) is 4.39 Å². The van der Waals surface area contributed by atoms with Crippen LogP contribution in [0.3, 0.4) is 0 Å². The first kappa shape index (κ1) is 15.4. The van der Waals surface area contributed by atoms with Crippen LogP contribution in [0.5, 0.6) is 5.75 Å². The molecule has 1 atom stereocenters. The molecular formula is C14H21FN2O2. The van der Waals surface area contributed by atoms with Crippen LogP contribution in [0.2, 0.25) is 0 Å². The minimum atomic E-state index is -0.388. The summed E-state index contributed by atoms with van der Waals surface area (Å²) in [6.45, 7) is 4.79. The Kier molecular flexibility index (Phi) is 6.29. The van der Waals surface area contributed by atoms with Crippen LogP contribution < -0.4 is 15.8 Å². The molecule has 0 saturated heterocycles. The van der Waals surface area contributed by atoms with E-state index >= 15 is 0 Å². The molecule has 0 heterocycles. The number of nitrogens with one attached hydrogen (secondary N) is 1. The number of carbonyl (C=O) groups excluding carboxylic acids is 1. The number of halogens is 1. The van der Waals surface area contributed by atoms with Gasteiger partial charge < -0.3 is 15.8 Å². The van der Waals surface area contributed by atoms with Crippen molar-refractivity contribution in [3.8, 4) is 5.75 Å². The summed E-state index contributed by atoms with van der Waals surface area (Å²) in [5.74, 6) is -0.0445. The fourth-order valence-corrected chi connectivity index (χ4v) is 1.67. The maximum atomic E-state index is 13.1. The Morgan fingerprint density at radius 3 is 2.84 bits per heavy atom. The summed E-state index contributed by atoms with van der Waals surface area (Å²) >= 11 is 0. The Bertz CT molecular complexity index is 424. The number of hydrogen-bond acceptors (Lipinski definition) is 3. The number of nitrogens with two attached hydrogens (primary N) is 1. The van der Waals surface area contributed by atoms with Crippen molar-refractivity contribution >= 4 is 5.91 Å². The maximum Gasteiger partial charge on any atom is 0.234 e. The second-order valence-corrected chi connectivity index (χ2v) is 4.46. The molecule has 0 fully saturated rings. The average Bonchev–Trinajstić information content (AvgIpc) is 2.37. The Balaban J connectivity index is 2.42. The van der Waals surface area contributed by atoms with Crippen molar-refractivity contribution < 1.29 is 13.9 Å². The van der Waals surface area contributed by atoms with Gasteiger partial charge in [0.25, 0.3) is 0 Å². The minimum Gasteiger partial charge on any atom is -0.494 e. The number of amides is 1. The van der Waals surface area contributed by atoms with Crippen molar-refractivity contribution in [3.05, 3.63) is 29.6 Å². The van der Waals surface area contributed by atoms with Gasteiger partial charge in [-0.15, -0.1) is 0 Å². The van der Waals surface area contributed by atoms with Crippen molar-refractivity contribution in [1.82, 2.24) is 5.32 Å². The van der Waals surface area contributed by atoms with Gasteiger partial charge in [-0.1, -0.05) is 6.92 Å². The van der Waals surface area contributed by atoms with E-state index in [-0.39, 0.29) is 17.8 Å². The first-order valence-electron chi connectivity index (χ1n) is 6.46. The molecule has 106 valence electrons. The lowest BCUT2D eigenvalue weighted by Gasteiger charge is -2.15. The quantitative estimate of drug-likeness (QED) is 0.755. The van der Waals surface area contributed by atoms with Gasteiger partial charge in [0, 0.05) is 6.42 Å². The monoisotopic (exact) mass is 268 g/mol. The van der Waals surface area contributed by atoms with Crippen molar-refractivity contribution in [1.29, 1.82) is 0 Å². The molecule has 19 heavy (non-hydrogen) atoms. The standard InChI is InChI=1S/C14H21FN2O2/c1-3-7-17-13(14(16)18)6-8-19-11-4-5-12(15)10(2)9-11/h4-5,9,13,17H,3,6-8H2,1-2H3,(H2,16,18). The predicted molar refractivity (Wildman–Crippen MR) is 72.5 cm³/mol. The Morgan fingerprint density at radius 2 is 2.26 bits per heavy atom. The highest BCUT2D eigenvalue weighted by molar-refractivity contribution is 5.79. The zero-order chi connectivity index (χ0) is 14.3. The molecule has 1 aromatic rings. The molecule has 0 spiro atoms. The molecule has 4 nitrogen and oxygen atoms in total. The van der Waals surface area contributed by atoms with Crippen molar-refractivity contribution in [3.63, 3.8) is 0 Å². The molecular weight excluding hydrogens is 247 g/mol. The van der Waals surface area contributed by atoms with E-state index in [9.17, 15) is 9.18 Å². The molecule has 0 radical (unpaired) electrons. The van der Waals surface area contributed by atoms with E-state index in [0.717, 1.165) is 13.0 Å². The molecule has 1 unspecified atom stereocenters. The Morgan fingerprint density at radius 1 is 1.53 bits per heavy atom. The van der Waals surface area contributed by atoms with Crippen LogP contribution in [0.1, 0.15) is 25.3 Å². The summed E-state index contributed by atoms with van der Waals surface area (Å²) in [5.41, 5.74) is 5.83. The number of ether oxygens (including phenoxy) is 1. The molecule has 0 aromatic heterocycles. The van der Waals surface area contributed by atoms with Crippen molar-refractivity contribution in [2.45, 2.75) is 32.7 Å². The molecule has 5 heteroatoms.